The molecule has 64 heavy (non-hydrogen) atoms. The number of hydrogen-bond acceptors (Lipinski definition) is 2. The largest absolute Gasteiger partial charge is 0.228 e. The molecule has 2 heteroatoms. The van der Waals surface area contributed by atoms with E-state index in [0.717, 1.165) is 89.1 Å². The van der Waals surface area contributed by atoms with Gasteiger partial charge in [0.1, 0.15) is 0 Å². The maximum absolute atomic E-state index is 5.47. The Balaban J connectivity index is 1.25. The first-order valence-corrected chi connectivity index (χ1v) is 21.8. The topological polar surface area (TPSA) is 25.8 Å². The molecule has 0 aliphatic rings. The summed E-state index contributed by atoms with van der Waals surface area (Å²) in [5.41, 5.74) is 18.5. The first-order chi connectivity index (χ1) is 31.7. The summed E-state index contributed by atoms with van der Waals surface area (Å²) < 4.78 is 0. The molecule has 0 unspecified atom stereocenters. The van der Waals surface area contributed by atoms with Crippen molar-refractivity contribution in [3.63, 3.8) is 0 Å². The predicted molar refractivity (Wildman–Crippen MR) is 268 cm³/mol. The Morgan fingerprint density at radius 1 is 0.219 bits per heavy atom. The van der Waals surface area contributed by atoms with Crippen LogP contribution in [-0.4, -0.2) is 9.97 Å². The van der Waals surface area contributed by atoms with Gasteiger partial charge in [-0.1, -0.05) is 224 Å². The van der Waals surface area contributed by atoms with Crippen molar-refractivity contribution >= 4 is 10.8 Å². The van der Waals surface area contributed by atoms with Gasteiger partial charge in [-0.3, -0.25) is 0 Å². The van der Waals surface area contributed by atoms with E-state index >= 15 is 0 Å². The predicted octanol–water partition coefficient (Wildman–Crippen LogP) is 16.6. The molecule has 0 fully saturated rings. The van der Waals surface area contributed by atoms with Crippen molar-refractivity contribution in [3.8, 4) is 101 Å². The molecule has 0 atom stereocenters. The zero-order valence-corrected chi connectivity index (χ0v) is 35.1. The van der Waals surface area contributed by atoms with Crippen molar-refractivity contribution in [2.75, 3.05) is 0 Å². The first-order valence-electron chi connectivity index (χ1n) is 21.8. The third kappa shape index (κ3) is 7.48. The van der Waals surface area contributed by atoms with Crippen molar-refractivity contribution in [2.45, 2.75) is 0 Å². The molecule has 0 aliphatic carbocycles. The van der Waals surface area contributed by atoms with Crippen molar-refractivity contribution < 1.29 is 0 Å². The summed E-state index contributed by atoms with van der Waals surface area (Å²) in [7, 11) is 0. The molecule has 2 nitrogen and oxygen atoms in total. The summed E-state index contributed by atoms with van der Waals surface area (Å²) in [5.74, 6) is 0.664. The molecule has 11 rings (SSSR count). The molecule has 0 amide bonds. The number of benzene rings is 10. The summed E-state index contributed by atoms with van der Waals surface area (Å²) in [5, 5.41) is 2.32. The number of nitrogens with zero attached hydrogens (tertiary/aromatic N) is 2. The number of aromatic nitrogens is 2. The van der Waals surface area contributed by atoms with E-state index in [1.54, 1.807) is 0 Å². The monoisotopic (exact) mass is 814 g/mol. The van der Waals surface area contributed by atoms with Crippen molar-refractivity contribution in [3.05, 3.63) is 255 Å². The maximum atomic E-state index is 5.47. The zero-order chi connectivity index (χ0) is 42.7. The van der Waals surface area contributed by atoms with Crippen LogP contribution in [0.1, 0.15) is 0 Å². The van der Waals surface area contributed by atoms with Crippen LogP contribution in [0.3, 0.4) is 0 Å². The highest BCUT2D eigenvalue weighted by Gasteiger charge is 2.25. The number of fused-ring (bicyclic) bond motifs is 1. The third-order valence-corrected chi connectivity index (χ3v) is 12.1. The average Bonchev–Trinajstić information content (AvgIpc) is 3.39. The van der Waals surface area contributed by atoms with Gasteiger partial charge in [-0.2, -0.15) is 0 Å². The molecular weight excluding hydrogens is 773 g/mol. The van der Waals surface area contributed by atoms with Crippen LogP contribution in [0.2, 0.25) is 0 Å². The van der Waals surface area contributed by atoms with E-state index in [1.165, 1.54) is 16.5 Å². The fourth-order valence-corrected chi connectivity index (χ4v) is 9.09. The van der Waals surface area contributed by atoms with E-state index in [9.17, 15) is 0 Å². The van der Waals surface area contributed by atoms with Crippen LogP contribution >= 0.6 is 0 Å². The Bertz CT molecular complexity index is 3380. The summed E-state index contributed by atoms with van der Waals surface area (Å²) in [6.07, 6.45) is 0. The highest BCUT2D eigenvalue weighted by molar-refractivity contribution is 6.08. The summed E-state index contributed by atoms with van der Waals surface area (Å²) in [4.78, 5) is 10.9. The zero-order valence-electron chi connectivity index (χ0n) is 35.1. The minimum atomic E-state index is 0.664. The van der Waals surface area contributed by atoms with Gasteiger partial charge < -0.3 is 0 Å². The van der Waals surface area contributed by atoms with Crippen LogP contribution in [0.5, 0.6) is 0 Å². The molecule has 10 aromatic carbocycles. The average molecular weight is 815 g/mol. The SMILES string of the molecule is c1ccc(-c2cc(-c3nc(-c4ccccc4)cc(-c4cccc5ccccc45)n3)cc(-c3cc(-c4ccccc4)c(-c4ccccc4)c(-c4ccccc4)c3-c3ccccc3)c2)cc1. The van der Waals surface area contributed by atoms with E-state index in [1.807, 2.05) is 6.07 Å². The van der Waals surface area contributed by atoms with Gasteiger partial charge in [0.15, 0.2) is 5.82 Å². The van der Waals surface area contributed by atoms with E-state index in [0.29, 0.717) is 5.82 Å². The summed E-state index contributed by atoms with van der Waals surface area (Å²) in [6.45, 7) is 0. The van der Waals surface area contributed by atoms with Gasteiger partial charge in [-0.15, -0.1) is 0 Å². The first kappa shape index (κ1) is 38.5. The van der Waals surface area contributed by atoms with Crippen LogP contribution in [0.25, 0.3) is 111 Å². The van der Waals surface area contributed by atoms with Crippen molar-refractivity contribution in [1.82, 2.24) is 9.97 Å². The van der Waals surface area contributed by atoms with Gasteiger partial charge in [0.25, 0.3) is 0 Å². The van der Waals surface area contributed by atoms with Crippen LogP contribution < -0.4 is 0 Å². The Labute approximate surface area is 374 Å². The van der Waals surface area contributed by atoms with E-state index < -0.39 is 0 Å². The molecule has 1 heterocycles. The number of hydrogen-bond donors (Lipinski definition) is 0. The molecule has 11 aromatic rings. The minimum absolute atomic E-state index is 0.664. The lowest BCUT2D eigenvalue weighted by molar-refractivity contribution is 1.18. The Morgan fingerprint density at radius 2 is 0.641 bits per heavy atom. The van der Waals surface area contributed by atoms with Crippen molar-refractivity contribution in [2.24, 2.45) is 0 Å². The molecule has 300 valence electrons. The molecule has 0 radical (unpaired) electrons. The third-order valence-electron chi connectivity index (χ3n) is 12.1. The molecular formula is C62H42N2. The lowest BCUT2D eigenvalue weighted by atomic mass is 9.78. The van der Waals surface area contributed by atoms with E-state index in [4.69, 9.17) is 9.97 Å². The molecule has 0 saturated heterocycles. The van der Waals surface area contributed by atoms with Crippen LogP contribution in [0.4, 0.5) is 0 Å². The van der Waals surface area contributed by atoms with Gasteiger partial charge in [-0.05, 0) is 108 Å². The van der Waals surface area contributed by atoms with Gasteiger partial charge in [0, 0.05) is 16.7 Å². The standard InChI is InChI=1S/C62H42N2/c1-7-22-43(23-8-1)50-38-51(40-52(39-50)62-63-57(46-27-11-3-12-28-46)42-58(64-62)54-37-21-35-44-26-19-20-36-53(44)54)56-41-55(45-24-9-2-10-25-45)59(47-29-13-4-14-30-47)61(49-33-17-6-18-34-49)60(56)48-31-15-5-16-32-48/h1-42H. The lowest BCUT2D eigenvalue weighted by Gasteiger charge is -2.25. The molecule has 0 saturated carbocycles. The molecule has 1 aromatic heterocycles. The van der Waals surface area contributed by atoms with Gasteiger partial charge in [-0.25, -0.2) is 9.97 Å². The minimum Gasteiger partial charge on any atom is -0.228 e. The lowest BCUT2D eigenvalue weighted by Crippen LogP contribution is -1.99. The summed E-state index contributed by atoms with van der Waals surface area (Å²) >= 11 is 0. The highest BCUT2D eigenvalue weighted by atomic mass is 14.9. The quantitative estimate of drug-likeness (QED) is 0.145. The Kier molecular flexibility index (Phi) is 10.3. The van der Waals surface area contributed by atoms with Gasteiger partial charge >= 0.3 is 0 Å². The summed E-state index contributed by atoms with van der Waals surface area (Å²) in [6, 6.07) is 91.0. The fraction of sp³-hybridized carbons (Fsp3) is 0. The van der Waals surface area contributed by atoms with E-state index in [-0.39, 0.29) is 0 Å². The molecule has 0 bridgehead atoms. The van der Waals surface area contributed by atoms with Crippen LogP contribution in [0, 0.1) is 0 Å². The fourth-order valence-electron chi connectivity index (χ4n) is 9.09. The number of rotatable bonds is 9. The second kappa shape index (κ2) is 17.1. The van der Waals surface area contributed by atoms with Crippen LogP contribution in [0.15, 0.2) is 255 Å². The maximum Gasteiger partial charge on any atom is 0.160 e. The van der Waals surface area contributed by atoms with Gasteiger partial charge in [0.05, 0.1) is 11.4 Å². The highest BCUT2D eigenvalue weighted by Crippen LogP contribution is 2.51. The Morgan fingerprint density at radius 3 is 1.23 bits per heavy atom. The van der Waals surface area contributed by atoms with E-state index in [2.05, 4.69) is 249 Å². The molecule has 0 N–H and O–H groups in total. The van der Waals surface area contributed by atoms with Crippen LogP contribution in [-0.2, 0) is 0 Å². The second-order valence-electron chi connectivity index (χ2n) is 16.1. The smallest absolute Gasteiger partial charge is 0.160 e. The second-order valence-corrected chi connectivity index (χ2v) is 16.1. The van der Waals surface area contributed by atoms with Crippen molar-refractivity contribution in [1.29, 1.82) is 0 Å². The normalized spacial score (nSPS) is 11.1. The molecule has 0 aliphatic heterocycles. The van der Waals surface area contributed by atoms with Gasteiger partial charge in [0.2, 0.25) is 0 Å². The Hall–Kier alpha value is -8.46. The molecule has 0 spiro atoms.